The zero-order chi connectivity index (χ0) is 15.4. The number of hydrogen-bond acceptors (Lipinski definition) is 5. The van der Waals surface area contributed by atoms with Crippen molar-refractivity contribution in [2.45, 2.75) is 6.92 Å². The molecule has 7 heteroatoms. The number of nitrogens with zero attached hydrogens (tertiary/aromatic N) is 2. The van der Waals surface area contributed by atoms with Gasteiger partial charge in [0.25, 0.3) is 0 Å². The molecule has 110 valence electrons. The summed E-state index contributed by atoms with van der Waals surface area (Å²) in [5.74, 6) is -0.758. The lowest BCUT2D eigenvalue weighted by Gasteiger charge is -2.08. The second-order valence-corrected chi connectivity index (χ2v) is 4.18. The fraction of sp³-hybridized carbons (Fsp3) is 0.214. The summed E-state index contributed by atoms with van der Waals surface area (Å²) in [6, 6.07) is 6.55. The predicted octanol–water partition coefficient (Wildman–Crippen LogP) is 2.22. The van der Waals surface area contributed by atoms with Crippen LogP contribution in [0.15, 0.2) is 46.8 Å². The Morgan fingerprint density at radius 1 is 1.43 bits per heavy atom. The molecule has 0 atom stereocenters. The Morgan fingerprint density at radius 3 is 2.67 bits per heavy atom. The fourth-order valence-electron chi connectivity index (χ4n) is 1.97. The Morgan fingerprint density at radius 2 is 2.19 bits per heavy atom. The van der Waals surface area contributed by atoms with E-state index >= 15 is 0 Å². The predicted molar refractivity (Wildman–Crippen MR) is 73.8 cm³/mol. The largest absolute Gasteiger partial charge is 0.464 e. The van der Waals surface area contributed by atoms with Crippen LogP contribution in [0.25, 0.3) is 5.57 Å². The van der Waals surface area contributed by atoms with Crippen molar-refractivity contribution in [3.63, 3.8) is 0 Å². The average Bonchev–Trinajstić information content (AvgIpc) is 3.07. The second-order valence-electron chi connectivity index (χ2n) is 4.18. The summed E-state index contributed by atoms with van der Waals surface area (Å²) < 4.78 is 11.7. The summed E-state index contributed by atoms with van der Waals surface area (Å²) in [5, 5.41) is 11.4. The Hall–Kier alpha value is -2.83. The van der Waals surface area contributed by atoms with E-state index in [1.165, 1.54) is 6.26 Å². The van der Waals surface area contributed by atoms with Crippen molar-refractivity contribution in [3.8, 4) is 0 Å². The van der Waals surface area contributed by atoms with Gasteiger partial charge >= 0.3 is 11.7 Å². The van der Waals surface area contributed by atoms with Crippen LogP contribution in [0.5, 0.6) is 0 Å². The standard InChI is InChI=1S/C14H14N2O5/c1-3-20-14(17)13(16(18)19)12(11-7-5-9-21-11)10-6-4-8-15(10)2/h4-9H,3H2,1-2H3. The van der Waals surface area contributed by atoms with E-state index in [9.17, 15) is 14.9 Å². The molecular formula is C14H14N2O5. The Kier molecular flexibility index (Phi) is 4.22. The van der Waals surface area contributed by atoms with E-state index in [1.54, 1.807) is 49.0 Å². The molecule has 0 aliphatic heterocycles. The Labute approximate surface area is 120 Å². The molecule has 2 aromatic heterocycles. The van der Waals surface area contributed by atoms with E-state index in [-0.39, 0.29) is 17.9 Å². The van der Waals surface area contributed by atoms with Gasteiger partial charge in [-0.25, -0.2) is 4.79 Å². The molecule has 0 unspecified atom stereocenters. The topological polar surface area (TPSA) is 87.5 Å². The van der Waals surface area contributed by atoms with E-state index in [1.807, 2.05) is 0 Å². The molecule has 0 aliphatic rings. The van der Waals surface area contributed by atoms with Crippen LogP contribution in [0.4, 0.5) is 0 Å². The lowest BCUT2D eigenvalue weighted by Crippen LogP contribution is -2.18. The van der Waals surface area contributed by atoms with E-state index in [2.05, 4.69) is 0 Å². The van der Waals surface area contributed by atoms with Crippen molar-refractivity contribution in [3.05, 3.63) is 64.0 Å². The Balaban J connectivity index is 2.72. The monoisotopic (exact) mass is 290 g/mol. The maximum Gasteiger partial charge on any atom is 0.410 e. The third-order valence-electron chi connectivity index (χ3n) is 2.86. The molecule has 7 nitrogen and oxygen atoms in total. The van der Waals surface area contributed by atoms with E-state index < -0.39 is 16.6 Å². The number of esters is 1. The number of ether oxygens (including phenoxy) is 1. The van der Waals surface area contributed by atoms with Gasteiger partial charge < -0.3 is 13.7 Å². The lowest BCUT2D eigenvalue weighted by molar-refractivity contribution is -0.420. The number of carbonyl (C=O) groups excluding carboxylic acids is 1. The molecule has 0 radical (unpaired) electrons. The first-order chi connectivity index (χ1) is 10.1. The highest BCUT2D eigenvalue weighted by Crippen LogP contribution is 2.28. The SMILES string of the molecule is CCOC(=O)C(=C(c1ccco1)c1cccn1C)[N+](=O)[O-]. The molecule has 0 saturated heterocycles. The zero-order valence-corrected chi connectivity index (χ0v) is 11.6. The van der Waals surface area contributed by atoms with Gasteiger partial charge in [-0.2, -0.15) is 0 Å². The third kappa shape index (κ3) is 2.86. The van der Waals surface area contributed by atoms with Crippen LogP contribution in [0, 0.1) is 10.1 Å². The van der Waals surface area contributed by atoms with Gasteiger partial charge in [-0.05, 0) is 31.2 Å². The second kappa shape index (κ2) is 6.08. The highest BCUT2D eigenvalue weighted by atomic mass is 16.6. The van der Waals surface area contributed by atoms with Crippen LogP contribution in [-0.4, -0.2) is 22.1 Å². The van der Waals surface area contributed by atoms with Crippen LogP contribution in [0.2, 0.25) is 0 Å². The minimum Gasteiger partial charge on any atom is -0.464 e. The smallest absolute Gasteiger partial charge is 0.410 e. The van der Waals surface area contributed by atoms with Crippen molar-refractivity contribution in [2.24, 2.45) is 7.05 Å². The molecule has 21 heavy (non-hydrogen) atoms. The molecule has 0 saturated carbocycles. The number of nitro groups is 1. The van der Waals surface area contributed by atoms with Crippen molar-refractivity contribution < 1.29 is 18.9 Å². The molecule has 0 amide bonds. The molecule has 0 fully saturated rings. The summed E-state index contributed by atoms with van der Waals surface area (Å²) in [5.41, 5.74) is -0.0609. The molecule has 0 aromatic carbocycles. The number of aryl methyl sites for hydroxylation is 1. The van der Waals surface area contributed by atoms with E-state index in [4.69, 9.17) is 9.15 Å². The maximum atomic E-state index is 12.0. The van der Waals surface area contributed by atoms with Crippen LogP contribution in [0.3, 0.4) is 0 Å². The number of rotatable bonds is 5. The van der Waals surface area contributed by atoms with Crippen molar-refractivity contribution in [1.82, 2.24) is 4.57 Å². The van der Waals surface area contributed by atoms with Gasteiger partial charge in [0.15, 0.2) is 0 Å². The summed E-state index contributed by atoms with van der Waals surface area (Å²) in [6.45, 7) is 1.64. The van der Waals surface area contributed by atoms with Gasteiger partial charge in [0.05, 0.1) is 23.5 Å². The molecule has 0 spiro atoms. The molecule has 2 rings (SSSR count). The van der Waals surface area contributed by atoms with Crippen LogP contribution in [0.1, 0.15) is 18.4 Å². The molecule has 0 N–H and O–H groups in total. The summed E-state index contributed by atoms with van der Waals surface area (Å²) in [7, 11) is 1.72. The van der Waals surface area contributed by atoms with Gasteiger partial charge in [0.1, 0.15) is 11.3 Å². The van der Waals surface area contributed by atoms with Gasteiger partial charge in [-0.1, -0.05) is 0 Å². The van der Waals surface area contributed by atoms with Crippen molar-refractivity contribution in [1.29, 1.82) is 0 Å². The first kappa shape index (κ1) is 14.6. The first-order valence-corrected chi connectivity index (χ1v) is 6.27. The minimum atomic E-state index is -0.991. The van der Waals surface area contributed by atoms with Crippen LogP contribution < -0.4 is 0 Å². The fourth-order valence-corrected chi connectivity index (χ4v) is 1.97. The first-order valence-electron chi connectivity index (χ1n) is 6.27. The normalized spacial score (nSPS) is 11.9. The molecule has 0 bridgehead atoms. The zero-order valence-electron chi connectivity index (χ0n) is 11.6. The van der Waals surface area contributed by atoms with Gasteiger partial charge in [0.2, 0.25) is 0 Å². The van der Waals surface area contributed by atoms with Crippen molar-refractivity contribution >= 4 is 11.5 Å². The Bertz CT molecular complexity index is 682. The summed E-state index contributed by atoms with van der Waals surface area (Å²) >= 11 is 0. The summed E-state index contributed by atoms with van der Waals surface area (Å²) in [6.07, 6.45) is 3.11. The average molecular weight is 290 g/mol. The van der Waals surface area contributed by atoms with Gasteiger partial charge in [-0.3, -0.25) is 10.1 Å². The van der Waals surface area contributed by atoms with E-state index in [0.717, 1.165) is 0 Å². The molecule has 0 aliphatic carbocycles. The van der Waals surface area contributed by atoms with Crippen molar-refractivity contribution in [2.75, 3.05) is 6.61 Å². The van der Waals surface area contributed by atoms with Gasteiger partial charge in [0, 0.05) is 13.2 Å². The molecular weight excluding hydrogens is 276 g/mol. The number of hydrogen-bond donors (Lipinski definition) is 0. The number of aromatic nitrogens is 1. The van der Waals surface area contributed by atoms with Crippen LogP contribution >= 0.6 is 0 Å². The van der Waals surface area contributed by atoms with Crippen LogP contribution in [-0.2, 0) is 16.6 Å². The molecule has 2 heterocycles. The highest BCUT2D eigenvalue weighted by Gasteiger charge is 2.33. The number of carbonyl (C=O) groups is 1. The number of furan rings is 1. The van der Waals surface area contributed by atoms with E-state index in [0.29, 0.717) is 5.69 Å². The quantitative estimate of drug-likeness (QED) is 0.364. The third-order valence-corrected chi connectivity index (χ3v) is 2.86. The lowest BCUT2D eigenvalue weighted by atomic mass is 10.1. The maximum absolute atomic E-state index is 12.0. The van der Waals surface area contributed by atoms with Gasteiger partial charge in [-0.15, -0.1) is 0 Å². The highest BCUT2D eigenvalue weighted by molar-refractivity contribution is 5.98. The molecule has 2 aromatic rings. The summed E-state index contributed by atoms with van der Waals surface area (Å²) in [4.78, 5) is 22.6. The minimum absolute atomic E-state index is 0.0503.